The second-order valence-electron chi connectivity index (χ2n) is 15.0. The Balaban J connectivity index is 1.03. The molecule has 0 saturated heterocycles. The van der Waals surface area contributed by atoms with Gasteiger partial charge in [-0.15, -0.1) is 10.2 Å². The van der Waals surface area contributed by atoms with Crippen molar-refractivity contribution in [2.75, 3.05) is 0 Å². The molecule has 3 heterocycles. The van der Waals surface area contributed by atoms with Gasteiger partial charge in [0, 0.05) is 32.8 Å². The lowest BCUT2D eigenvalue weighted by atomic mass is 9.98. The normalized spacial score (nSPS) is 11.7. The Hall–Kier alpha value is -8.29. The summed E-state index contributed by atoms with van der Waals surface area (Å²) in [6, 6.07) is 66.6. The van der Waals surface area contributed by atoms with Crippen LogP contribution in [0.4, 0.5) is 0 Å². The average molecular weight is 769 g/mol. The second-order valence-corrected chi connectivity index (χ2v) is 15.0. The van der Waals surface area contributed by atoms with Crippen molar-refractivity contribution < 1.29 is 4.42 Å². The number of aromatic nitrogens is 6. The van der Waals surface area contributed by atoms with Crippen molar-refractivity contribution in [3.8, 4) is 62.1 Å². The molecule has 3 aromatic heterocycles. The van der Waals surface area contributed by atoms with Crippen LogP contribution in [-0.4, -0.2) is 29.9 Å². The molecule has 7 heteroatoms. The fourth-order valence-electron chi connectivity index (χ4n) is 8.40. The molecule has 9 aromatic carbocycles. The molecule has 0 atom stereocenters. The molecule has 0 saturated carbocycles. The van der Waals surface area contributed by atoms with Gasteiger partial charge in [0.15, 0.2) is 17.5 Å². The zero-order chi connectivity index (χ0) is 39.6. The lowest BCUT2D eigenvalue weighted by Crippen LogP contribution is -2.00. The molecule has 12 rings (SSSR count). The Kier molecular flexibility index (Phi) is 7.71. The van der Waals surface area contributed by atoms with Gasteiger partial charge >= 0.3 is 0 Å². The van der Waals surface area contributed by atoms with Gasteiger partial charge in [0.05, 0.1) is 5.69 Å². The zero-order valence-electron chi connectivity index (χ0n) is 32.1. The lowest BCUT2D eigenvalue weighted by Gasteiger charge is -2.12. The standard InChI is InChI=1S/C53H32N6O/c1-3-12-33(13-4-1)35-14-9-15-36(30-35)37-16-10-17-39(31-37)51-54-52(56-53(55-51)44-21-11-23-47-49(44)43-20-7-8-22-46(43)60-47)40-26-28-42-38(32-40)25-24-34-27-29-45-50(48(34)42)58-59(57-45)41-18-5-2-6-19-41/h1-32H. The Bertz CT molecular complexity index is 3610. The Morgan fingerprint density at radius 3 is 1.78 bits per heavy atom. The van der Waals surface area contributed by atoms with Crippen LogP contribution in [0.1, 0.15) is 0 Å². The molecule has 12 aromatic rings. The van der Waals surface area contributed by atoms with Crippen molar-refractivity contribution in [2.24, 2.45) is 0 Å². The van der Waals surface area contributed by atoms with E-state index in [9.17, 15) is 0 Å². The summed E-state index contributed by atoms with van der Waals surface area (Å²) >= 11 is 0. The van der Waals surface area contributed by atoms with E-state index in [1.54, 1.807) is 4.80 Å². The SMILES string of the molecule is c1ccc(-c2cccc(-c3cccc(-c4nc(-c5ccc6c(ccc7ccc8nn(-c9ccccc9)nc8c76)c5)nc(-c5cccc6oc7ccccc7c56)n4)c3)c2)cc1. The highest BCUT2D eigenvalue weighted by atomic mass is 16.3. The van der Waals surface area contributed by atoms with E-state index in [2.05, 4.69) is 121 Å². The molecule has 0 aliphatic heterocycles. The lowest BCUT2D eigenvalue weighted by molar-refractivity contribution is 0.669. The van der Waals surface area contributed by atoms with Crippen LogP contribution in [0.15, 0.2) is 199 Å². The molecule has 0 amide bonds. The first-order valence-corrected chi connectivity index (χ1v) is 19.9. The third kappa shape index (κ3) is 5.71. The maximum Gasteiger partial charge on any atom is 0.164 e. The first kappa shape index (κ1) is 33.8. The van der Waals surface area contributed by atoms with E-state index in [0.29, 0.717) is 17.5 Å². The topological polar surface area (TPSA) is 82.5 Å². The Labute approximate surface area is 343 Å². The van der Waals surface area contributed by atoms with Crippen LogP contribution >= 0.6 is 0 Å². The van der Waals surface area contributed by atoms with Crippen LogP contribution < -0.4 is 0 Å². The van der Waals surface area contributed by atoms with Gasteiger partial charge in [-0.05, 0) is 86.9 Å². The minimum Gasteiger partial charge on any atom is -0.456 e. The highest BCUT2D eigenvalue weighted by molar-refractivity contribution is 6.18. The smallest absolute Gasteiger partial charge is 0.164 e. The summed E-state index contributed by atoms with van der Waals surface area (Å²) in [6.45, 7) is 0. The van der Waals surface area contributed by atoms with Gasteiger partial charge in [-0.3, -0.25) is 0 Å². The number of para-hydroxylation sites is 2. The zero-order valence-corrected chi connectivity index (χ0v) is 32.1. The monoisotopic (exact) mass is 768 g/mol. The van der Waals surface area contributed by atoms with Crippen LogP contribution in [-0.2, 0) is 0 Å². The summed E-state index contributed by atoms with van der Waals surface area (Å²) in [5.41, 5.74) is 11.4. The third-order valence-electron chi connectivity index (χ3n) is 11.3. The highest BCUT2D eigenvalue weighted by Gasteiger charge is 2.19. The van der Waals surface area contributed by atoms with Crippen molar-refractivity contribution in [3.05, 3.63) is 194 Å². The first-order chi connectivity index (χ1) is 29.7. The fourth-order valence-corrected chi connectivity index (χ4v) is 8.40. The molecule has 0 bridgehead atoms. The maximum absolute atomic E-state index is 6.31. The molecule has 60 heavy (non-hydrogen) atoms. The fraction of sp³-hybridized carbons (Fsp3) is 0. The molecule has 0 aliphatic rings. The van der Waals surface area contributed by atoms with Crippen LogP contribution in [0.5, 0.6) is 0 Å². The van der Waals surface area contributed by atoms with E-state index in [1.165, 1.54) is 5.56 Å². The molecule has 0 aliphatic carbocycles. The molecule has 0 fully saturated rings. The van der Waals surface area contributed by atoms with Gasteiger partial charge in [0.2, 0.25) is 0 Å². The van der Waals surface area contributed by atoms with Crippen molar-refractivity contribution >= 4 is 54.5 Å². The largest absolute Gasteiger partial charge is 0.456 e. The maximum atomic E-state index is 6.31. The van der Waals surface area contributed by atoms with Crippen molar-refractivity contribution in [2.45, 2.75) is 0 Å². The van der Waals surface area contributed by atoms with Crippen molar-refractivity contribution in [3.63, 3.8) is 0 Å². The first-order valence-electron chi connectivity index (χ1n) is 19.9. The second kappa shape index (κ2) is 13.7. The number of furan rings is 1. The number of hydrogen-bond acceptors (Lipinski definition) is 6. The van der Waals surface area contributed by atoms with E-state index in [4.69, 9.17) is 29.6 Å². The highest BCUT2D eigenvalue weighted by Crippen LogP contribution is 2.38. The predicted molar refractivity (Wildman–Crippen MR) is 242 cm³/mol. The predicted octanol–water partition coefficient (Wildman–Crippen LogP) is 13.1. The number of benzene rings is 9. The van der Waals surface area contributed by atoms with Gasteiger partial charge in [-0.25, -0.2) is 15.0 Å². The number of fused-ring (bicyclic) bond motifs is 8. The van der Waals surface area contributed by atoms with Gasteiger partial charge in [0.25, 0.3) is 0 Å². The van der Waals surface area contributed by atoms with Crippen molar-refractivity contribution in [1.82, 2.24) is 29.9 Å². The van der Waals surface area contributed by atoms with Crippen molar-refractivity contribution in [1.29, 1.82) is 0 Å². The minimum atomic E-state index is 0.571. The molecule has 0 N–H and O–H groups in total. The summed E-state index contributed by atoms with van der Waals surface area (Å²) in [7, 11) is 0. The summed E-state index contributed by atoms with van der Waals surface area (Å²) in [5.74, 6) is 1.73. The van der Waals surface area contributed by atoms with Gasteiger partial charge in [-0.2, -0.15) is 4.80 Å². The Morgan fingerprint density at radius 1 is 0.367 bits per heavy atom. The van der Waals surface area contributed by atoms with E-state index >= 15 is 0 Å². The molecule has 0 unspecified atom stereocenters. The van der Waals surface area contributed by atoms with E-state index < -0.39 is 0 Å². The van der Waals surface area contributed by atoms with Crippen LogP contribution in [0.2, 0.25) is 0 Å². The van der Waals surface area contributed by atoms with E-state index in [-0.39, 0.29) is 0 Å². The Morgan fingerprint density at radius 2 is 0.967 bits per heavy atom. The summed E-state index contributed by atoms with van der Waals surface area (Å²) in [5, 5.41) is 16.1. The summed E-state index contributed by atoms with van der Waals surface area (Å²) < 4.78 is 6.31. The molecular weight excluding hydrogens is 737 g/mol. The molecule has 0 spiro atoms. The summed E-state index contributed by atoms with van der Waals surface area (Å²) in [4.78, 5) is 17.4. The quantitative estimate of drug-likeness (QED) is 0.157. The molecule has 0 radical (unpaired) electrons. The van der Waals surface area contributed by atoms with Gasteiger partial charge < -0.3 is 4.42 Å². The molecular formula is C53H32N6O. The average Bonchev–Trinajstić information content (AvgIpc) is 3.94. The third-order valence-corrected chi connectivity index (χ3v) is 11.3. The van der Waals surface area contributed by atoms with E-state index in [1.807, 2.05) is 72.8 Å². The van der Waals surface area contributed by atoms with Crippen LogP contribution in [0.25, 0.3) is 117 Å². The van der Waals surface area contributed by atoms with Gasteiger partial charge in [-0.1, -0.05) is 146 Å². The number of rotatable bonds is 6. The van der Waals surface area contributed by atoms with E-state index in [0.717, 1.165) is 93.6 Å². The van der Waals surface area contributed by atoms with Crippen LogP contribution in [0.3, 0.4) is 0 Å². The van der Waals surface area contributed by atoms with Gasteiger partial charge in [0.1, 0.15) is 22.2 Å². The molecule has 7 nitrogen and oxygen atoms in total. The molecule has 280 valence electrons. The number of nitrogens with zero attached hydrogens (tertiary/aromatic N) is 6. The minimum absolute atomic E-state index is 0.571. The number of hydrogen-bond donors (Lipinski definition) is 0. The summed E-state index contributed by atoms with van der Waals surface area (Å²) in [6.07, 6.45) is 0. The van der Waals surface area contributed by atoms with Crippen LogP contribution in [0, 0.1) is 0 Å².